The fraction of sp³-hybridized carbons (Fsp3) is 0.692. The standard InChI is InChI=1S/C13H22N4O/c1-5-11-12(14-4)15-8-16-13(11)17-6-9(2)18-10(3)7-17/h8-10H,5-7H2,1-4H3,(H,14,15,16). The lowest BCUT2D eigenvalue weighted by Crippen LogP contribution is -2.46. The maximum Gasteiger partial charge on any atom is 0.137 e. The second kappa shape index (κ2) is 5.52. The molecule has 18 heavy (non-hydrogen) atoms. The molecule has 100 valence electrons. The van der Waals surface area contributed by atoms with Gasteiger partial charge in [-0.05, 0) is 20.3 Å². The van der Waals surface area contributed by atoms with Crippen LogP contribution >= 0.6 is 0 Å². The quantitative estimate of drug-likeness (QED) is 0.884. The van der Waals surface area contributed by atoms with Gasteiger partial charge in [-0.25, -0.2) is 9.97 Å². The maximum absolute atomic E-state index is 5.77. The molecule has 1 aliphatic rings. The van der Waals surface area contributed by atoms with Crippen molar-refractivity contribution < 1.29 is 4.74 Å². The molecule has 0 radical (unpaired) electrons. The third kappa shape index (κ3) is 2.56. The number of morpholine rings is 1. The topological polar surface area (TPSA) is 50.3 Å². The molecule has 1 fully saturated rings. The summed E-state index contributed by atoms with van der Waals surface area (Å²) in [5, 5.41) is 3.14. The SMILES string of the molecule is CCc1c(NC)ncnc1N1CC(C)OC(C)C1. The van der Waals surface area contributed by atoms with Crippen molar-refractivity contribution in [3.05, 3.63) is 11.9 Å². The number of rotatable bonds is 3. The maximum atomic E-state index is 5.77. The van der Waals surface area contributed by atoms with Gasteiger partial charge >= 0.3 is 0 Å². The Morgan fingerprint density at radius 2 is 2.00 bits per heavy atom. The number of hydrogen-bond donors (Lipinski definition) is 1. The lowest BCUT2D eigenvalue weighted by Gasteiger charge is -2.37. The van der Waals surface area contributed by atoms with Gasteiger partial charge in [0.25, 0.3) is 0 Å². The molecular weight excluding hydrogens is 228 g/mol. The molecule has 2 unspecified atom stereocenters. The number of hydrogen-bond acceptors (Lipinski definition) is 5. The fourth-order valence-electron chi connectivity index (χ4n) is 2.57. The van der Waals surface area contributed by atoms with Crippen molar-refractivity contribution in [3.8, 4) is 0 Å². The van der Waals surface area contributed by atoms with Gasteiger partial charge in [0.2, 0.25) is 0 Å². The van der Waals surface area contributed by atoms with Crippen LogP contribution in [0.3, 0.4) is 0 Å². The van der Waals surface area contributed by atoms with Crippen LogP contribution in [0.2, 0.25) is 0 Å². The minimum absolute atomic E-state index is 0.242. The first-order valence-corrected chi connectivity index (χ1v) is 6.57. The zero-order valence-electron chi connectivity index (χ0n) is 11.6. The van der Waals surface area contributed by atoms with Crippen molar-refractivity contribution in [3.63, 3.8) is 0 Å². The Morgan fingerprint density at radius 1 is 1.33 bits per heavy atom. The predicted octanol–water partition coefficient (Wildman–Crippen LogP) is 1.69. The van der Waals surface area contributed by atoms with E-state index in [-0.39, 0.29) is 12.2 Å². The van der Waals surface area contributed by atoms with E-state index in [0.717, 1.165) is 31.1 Å². The molecule has 2 atom stereocenters. The Morgan fingerprint density at radius 3 is 2.56 bits per heavy atom. The van der Waals surface area contributed by atoms with Crippen LogP contribution in [0, 0.1) is 0 Å². The van der Waals surface area contributed by atoms with Crippen LogP contribution < -0.4 is 10.2 Å². The summed E-state index contributed by atoms with van der Waals surface area (Å²) in [7, 11) is 1.90. The zero-order valence-corrected chi connectivity index (χ0v) is 11.6. The molecule has 2 rings (SSSR count). The van der Waals surface area contributed by atoms with E-state index in [4.69, 9.17) is 4.74 Å². The van der Waals surface area contributed by atoms with Gasteiger partial charge in [-0.2, -0.15) is 0 Å². The second-order valence-electron chi connectivity index (χ2n) is 4.79. The summed E-state index contributed by atoms with van der Waals surface area (Å²) in [5.74, 6) is 1.97. The predicted molar refractivity (Wildman–Crippen MR) is 73.2 cm³/mol. The first-order chi connectivity index (χ1) is 8.65. The van der Waals surface area contributed by atoms with E-state index in [0.29, 0.717) is 0 Å². The van der Waals surface area contributed by atoms with Crippen LogP contribution in [-0.2, 0) is 11.2 Å². The molecule has 1 aliphatic heterocycles. The van der Waals surface area contributed by atoms with E-state index < -0.39 is 0 Å². The smallest absolute Gasteiger partial charge is 0.137 e. The first kappa shape index (κ1) is 13.1. The Hall–Kier alpha value is -1.36. The van der Waals surface area contributed by atoms with Crippen LogP contribution in [0.4, 0.5) is 11.6 Å². The average Bonchev–Trinajstić information content (AvgIpc) is 2.36. The number of ether oxygens (including phenoxy) is 1. The van der Waals surface area contributed by atoms with Gasteiger partial charge in [0.05, 0.1) is 12.2 Å². The third-order valence-electron chi connectivity index (χ3n) is 3.23. The summed E-state index contributed by atoms with van der Waals surface area (Å²) in [6, 6.07) is 0. The summed E-state index contributed by atoms with van der Waals surface area (Å²) in [6.07, 6.45) is 3.04. The molecule has 1 N–H and O–H groups in total. The molecule has 0 saturated carbocycles. The third-order valence-corrected chi connectivity index (χ3v) is 3.23. The number of nitrogens with zero attached hydrogens (tertiary/aromatic N) is 3. The Labute approximate surface area is 109 Å². The van der Waals surface area contributed by atoms with Gasteiger partial charge in [-0.15, -0.1) is 0 Å². The molecule has 0 aromatic carbocycles. The Balaban J connectivity index is 2.32. The Bertz CT molecular complexity index is 400. The summed E-state index contributed by atoms with van der Waals surface area (Å²) < 4.78 is 5.77. The highest BCUT2D eigenvalue weighted by Crippen LogP contribution is 2.26. The zero-order chi connectivity index (χ0) is 13.1. The summed E-state index contributed by atoms with van der Waals surface area (Å²) in [6.45, 7) is 8.12. The highest BCUT2D eigenvalue weighted by atomic mass is 16.5. The monoisotopic (exact) mass is 250 g/mol. The average molecular weight is 250 g/mol. The van der Waals surface area contributed by atoms with E-state index in [1.807, 2.05) is 7.05 Å². The molecule has 1 aromatic heterocycles. The molecular formula is C13H22N4O. The van der Waals surface area contributed by atoms with Crippen LogP contribution in [0.25, 0.3) is 0 Å². The molecule has 0 amide bonds. The van der Waals surface area contributed by atoms with E-state index in [1.165, 1.54) is 5.56 Å². The minimum Gasteiger partial charge on any atom is -0.373 e. The van der Waals surface area contributed by atoms with Gasteiger partial charge in [0, 0.05) is 25.7 Å². The van der Waals surface area contributed by atoms with Crippen molar-refractivity contribution >= 4 is 11.6 Å². The van der Waals surface area contributed by atoms with Crippen molar-refractivity contribution in [1.82, 2.24) is 9.97 Å². The van der Waals surface area contributed by atoms with Crippen molar-refractivity contribution in [1.29, 1.82) is 0 Å². The second-order valence-corrected chi connectivity index (χ2v) is 4.79. The van der Waals surface area contributed by atoms with Crippen LogP contribution in [0.15, 0.2) is 6.33 Å². The molecule has 0 spiro atoms. The van der Waals surface area contributed by atoms with Gasteiger partial charge in [-0.1, -0.05) is 6.92 Å². The fourth-order valence-corrected chi connectivity index (χ4v) is 2.57. The highest BCUT2D eigenvalue weighted by Gasteiger charge is 2.25. The van der Waals surface area contributed by atoms with Crippen molar-refractivity contribution in [2.24, 2.45) is 0 Å². The van der Waals surface area contributed by atoms with Gasteiger partial charge < -0.3 is 15.0 Å². The molecule has 1 saturated heterocycles. The lowest BCUT2D eigenvalue weighted by molar-refractivity contribution is -0.00550. The largest absolute Gasteiger partial charge is 0.373 e. The highest BCUT2D eigenvalue weighted by molar-refractivity contribution is 5.58. The van der Waals surface area contributed by atoms with E-state index in [1.54, 1.807) is 6.33 Å². The number of anilines is 2. The molecule has 5 nitrogen and oxygen atoms in total. The van der Waals surface area contributed by atoms with Gasteiger partial charge in [0.1, 0.15) is 18.0 Å². The van der Waals surface area contributed by atoms with Crippen LogP contribution in [-0.4, -0.2) is 42.3 Å². The Kier molecular flexibility index (Phi) is 4.01. The van der Waals surface area contributed by atoms with Crippen molar-refractivity contribution in [2.75, 3.05) is 30.4 Å². The van der Waals surface area contributed by atoms with E-state index in [9.17, 15) is 0 Å². The first-order valence-electron chi connectivity index (χ1n) is 6.57. The van der Waals surface area contributed by atoms with Gasteiger partial charge in [-0.3, -0.25) is 0 Å². The normalized spacial score (nSPS) is 24.1. The van der Waals surface area contributed by atoms with Crippen LogP contribution in [0.5, 0.6) is 0 Å². The van der Waals surface area contributed by atoms with E-state index >= 15 is 0 Å². The van der Waals surface area contributed by atoms with E-state index in [2.05, 4.69) is 41.0 Å². The molecule has 0 bridgehead atoms. The molecule has 5 heteroatoms. The summed E-state index contributed by atoms with van der Waals surface area (Å²) in [5.41, 5.74) is 1.18. The minimum atomic E-state index is 0.242. The molecule has 0 aliphatic carbocycles. The summed E-state index contributed by atoms with van der Waals surface area (Å²) >= 11 is 0. The van der Waals surface area contributed by atoms with Crippen molar-refractivity contribution in [2.45, 2.75) is 39.4 Å². The number of aromatic nitrogens is 2. The molecule has 1 aromatic rings. The van der Waals surface area contributed by atoms with Gasteiger partial charge in [0.15, 0.2) is 0 Å². The molecule has 2 heterocycles. The summed E-state index contributed by atoms with van der Waals surface area (Å²) in [4.78, 5) is 11.1. The number of nitrogens with one attached hydrogen (secondary N) is 1. The lowest BCUT2D eigenvalue weighted by atomic mass is 10.1. The van der Waals surface area contributed by atoms with Crippen LogP contribution in [0.1, 0.15) is 26.3 Å².